The Kier molecular flexibility index (Phi) is 4.14. The normalized spacial score (nSPS) is 14.4. The number of amides is 1. The number of carbonyl (C=O) groups excluding carboxylic acids is 1. The largest absolute Gasteiger partial charge is 0.476 e. The van der Waals surface area contributed by atoms with Gasteiger partial charge in [-0.1, -0.05) is 15.9 Å². The van der Waals surface area contributed by atoms with Gasteiger partial charge >= 0.3 is 0 Å². The lowest BCUT2D eigenvalue weighted by Crippen LogP contribution is -2.25. The summed E-state index contributed by atoms with van der Waals surface area (Å²) >= 11 is 3.46. The van der Waals surface area contributed by atoms with Crippen LogP contribution in [0.15, 0.2) is 22.7 Å². The lowest BCUT2D eigenvalue weighted by Gasteiger charge is -2.04. The third-order valence-electron chi connectivity index (χ3n) is 3.51. The topological polar surface area (TPSA) is 56.2 Å². The van der Waals surface area contributed by atoms with Crippen molar-refractivity contribution >= 4 is 32.7 Å². The standard InChI is InChI=1S/C15H18BrN3O2/c1-19-13-7-4-10(16)9-12(13)15(18-19)21-8-2-3-14(20)17-11-5-6-11/h4,7,9,11H,2-3,5-6,8H2,1H3,(H,17,20). The Labute approximate surface area is 131 Å². The number of hydrogen-bond acceptors (Lipinski definition) is 3. The lowest BCUT2D eigenvalue weighted by molar-refractivity contribution is -0.121. The molecular weight excluding hydrogens is 334 g/mol. The van der Waals surface area contributed by atoms with Gasteiger partial charge in [0.2, 0.25) is 11.8 Å². The van der Waals surface area contributed by atoms with Gasteiger partial charge in [-0.3, -0.25) is 9.48 Å². The van der Waals surface area contributed by atoms with Crippen LogP contribution in [0.4, 0.5) is 0 Å². The van der Waals surface area contributed by atoms with Crippen LogP contribution >= 0.6 is 15.9 Å². The van der Waals surface area contributed by atoms with Gasteiger partial charge in [0.05, 0.1) is 17.5 Å². The molecule has 112 valence electrons. The molecule has 0 bridgehead atoms. The third kappa shape index (κ3) is 3.56. The number of rotatable bonds is 6. The highest BCUT2D eigenvalue weighted by Crippen LogP contribution is 2.27. The summed E-state index contributed by atoms with van der Waals surface area (Å²) in [6.07, 6.45) is 3.45. The fourth-order valence-corrected chi connectivity index (χ4v) is 2.60. The molecule has 1 saturated carbocycles. The summed E-state index contributed by atoms with van der Waals surface area (Å²) in [4.78, 5) is 11.6. The molecule has 0 aliphatic heterocycles. The van der Waals surface area contributed by atoms with Gasteiger partial charge in [0.1, 0.15) is 0 Å². The van der Waals surface area contributed by atoms with Gasteiger partial charge in [-0.05, 0) is 37.5 Å². The summed E-state index contributed by atoms with van der Waals surface area (Å²) in [5, 5.41) is 8.33. The predicted octanol–water partition coefficient (Wildman–Crippen LogP) is 2.77. The number of fused-ring (bicyclic) bond motifs is 1. The zero-order valence-electron chi connectivity index (χ0n) is 11.9. The summed E-state index contributed by atoms with van der Waals surface area (Å²) in [5.74, 6) is 0.742. The zero-order chi connectivity index (χ0) is 14.8. The molecule has 0 saturated heterocycles. The second kappa shape index (κ2) is 6.05. The maximum atomic E-state index is 11.6. The molecule has 1 N–H and O–H groups in total. The van der Waals surface area contributed by atoms with Crippen LogP contribution in [0.2, 0.25) is 0 Å². The quantitative estimate of drug-likeness (QED) is 0.814. The Bertz CT molecular complexity index is 664. The minimum atomic E-state index is 0.120. The smallest absolute Gasteiger partial charge is 0.240 e. The first-order chi connectivity index (χ1) is 10.1. The molecule has 6 heteroatoms. The van der Waals surface area contributed by atoms with Crippen molar-refractivity contribution in [2.75, 3.05) is 6.61 Å². The van der Waals surface area contributed by atoms with E-state index in [-0.39, 0.29) is 5.91 Å². The Balaban J connectivity index is 1.55. The molecular formula is C15H18BrN3O2. The van der Waals surface area contributed by atoms with E-state index >= 15 is 0 Å². The number of nitrogens with zero attached hydrogens (tertiary/aromatic N) is 2. The monoisotopic (exact) mass is 351 g/mol. The molecule has 0 spiro atoms. The summed E-state index contributed by atoms with van der Waals surface area (Å²) < 4.78 is 8.53. The third-order valence-corrected chi connectivity index (χ3v) is 4.00. The summed E-state index contributed by atoms with van der Waals surface area (Å²) in [7, 11) is 1.90. The Morgan fingerprint density at radius 1 is 1.52 bits per heavy atom. The second-order valence-corrected chi connectivity index (χ2v) is 6.30. The Morgan fingerprint density at radius 3 is 3.10 bits per heavy atom. The van der Waals surface area contributed by atoms with Crippen LogP contribution in [0, 0.1) is 0 Å². The van der Waals surface area contributed by atoms with Gasteiger partial charge in [0.25, 0.3) is 0 Å². The fourth-order valence-electron chi connectivity index (χ4n) is 2.24. The molecule has 2 aromatic rings. The number of aryl methyl sites for hydroxylation is 1. The molecule has 0 unspecified atom stereocenters. The zero-order valence-corrected chi connectivity index (χ0v) is 13.5. The van der Waals surface area contributed by atoms with E-state index in [0.717, 1.165) is 28.2 Å². The van der Waals surface area contributed by atoms with E-state index in [1.165, 1.54) is 0 Å². The SMILES string of the molecule is Cn1nc(OCCCC(=O)NC2CC2)c2cc(Br)ccc21. The highest BCUT2D eigenvalue weighted by atomic mass is 79.9. The number of halogens is 1. The van der Waals surface area contributed by atoms with E-state index < -0.39 is 0 Å². The van der Waals surface area contributed by atoms with Crippen molar-refractivity contribution in [2.24, 2.45) is 7.05 Å². The molecule has 1 aliphatic carbocycles. The molecule has 1 aromatic carbocycles. The molecule has 1 aromatic heterocycles. The molecule has 5 nitrogen and oxygen atoms in total. The van der Waals surface area contributed by atoms with Crippen LogP contribution in [-0.4, -0.2) is 28.3 Å². The number of ether oxygens (including phenoxy) is 1. The van der Waals surface area contributed by atoms with Gasteiger partial charge in [-0.15, -0.1) is 5.10 Å². The number of hydrogen-bond donors (Lipinski definition) is 1. The van der Waals surface area contributed by atoms with Crippen LogP contribution in [-0.2, 0) is 11.8 Å². The molecule has 21 heavy (non-hydrogen) atoms. The first-order valence-electron chi connectivity index (χ1n) is 7.18. The van der Waals surface area contributed by atoms with E-state index in [1.54, 1.807) is 4.68 Å². The van der Waals surface area contributed by atoms with Gasteiger partial charge in [0, 0.05) is 24.0 Å². The van der Waals surface area contributed by atoms with Crippen molar-refractivity contribution < 1.29 is 9.53 Å². The Morgan fingerprint density at radius 2 is 2.33 bits per heavy atom. The van der Waals surface area contributed by atoms with Gasteiger partial charge in [-0.25, -0.2) is 0 Å². The van der Waals surface area contributed by atoms with Gasteiger partial charge in [-0.2, -0.15) is 0 Å². The van der Waals surface area contributed by atoms with Gasteiger partial charge in [0.15, 0.2) is 0 Å². The molecule has 1 heterocycles. The van der Waals surface area contributed by atoms with E-state index in [0.29, 0.717) is 31.4 Å². The number of aromatic nitrogens is 2. The average molecular weight is 352 g/mol. The molecule has 3 rings (SSSR count). The highest BCUT2D eigenvalue weighted by Gasteiger charge is 2.22. The van der Waals surface area contributed by atoms with Crippen molar-refractivity contribution in [1.29, 1.82) is 0 Å². The summed E-state index contributed by atoms with van der Waals surface area (Å²) in [6, 6.07) is 6.41. The van der Waals surface area contributed by atoms with E-state index in [1.807, 2.05) is 25.2 Å². The molecule has 0 radical (unpaired) electrons. The van der Waals surface area contributed by atoms with Crippen molar-refractivity contribution in [3.8, 4) is 5.88 Å². The van der Waals surface area contributed by atoms with Crippen molar-refractivity contribution in [3.63, 3.8) is 0 Å². The first-order valence-corrected chi connectivity index (χ1v) is 7.97. The van der Waals surface area contributed by atoms with E-state index in [2.05, 4.69) is 26.3 Å². The molecule has 1 fully saturated rings. The lowest BCUT2D eigenvalue weighted by atomic mass is 10.2. The van der Waals surface area contributed by atoms with E-state index in [4.69, 9.17) is 4.74 Å². The van der Waals surface area contributed by atoms with Crippen LogP contribution in [0.3, 0.4) is 0 Å². The fraction of sp³-hybridized carbons (Fsp3) is 0.467. The van der Waals surface area contributed by atoms with E-state index in [9.17, 15) is 4.79 Å². The molecule has 1 amide bonds. The number of carbonyl (C=O) groups is 1. The second-order valence-electron chi connectivity index (χ2n) is 5.38. The van der Waals surface area contributed by atoms with Crippen molar-refractivity contribution in [3.05, 3.63) is 22.7 Å². The average Bonchev–Trinajstić information content (AvgIpc) is 3.20. The Hall–Kier alpha value is -1.56. The van der Waals surface area contributed by atoms with Crippen molar-refractivity contribution in [2.45, 2.75) is 31.7 Å². The van der Waals surface area contributed by atoms with Crippen LogP contribution in [0.5, 0.6) is 5.88 Å². The molecule has 0 atom stereocenters. The first kappa shape index (κ1) is 14.4. The maximum absolute atomic E-state index is 11.6. The van der Waals surface area contributed by atoms with Crippen molar-refractivity contribution in [1.82, 2.24) is 15.1 Å². The molecule has 1 aliphatic rings. The number of benzene rings is 1. The van der Waals surface area contributed by atoms with Gasteiger partial charge < -0.3 is 10.1 Å². The number of nitrogens with one attached hydrogen (secondary N) is 1. The highest BCUT2D eigenvalue weighted by molar-refractivity contribution is 9.10. The maximum Gasteiger partial charge on any atom is 0.240 e. The van der Waals surface area contributed by atoms with Crippen LogP contribution < -0.4 is 10.1 Å². The summed E-state index contributed by atoms with van der Waals surface area (Å²) in [6.45, 7) is 0.497. The predicted molar refractivity (Wildman–Crippen MR) is 84.3 cm³/mol. The summed E-state index contributed by atoms with van der Waals surface area (Å²) in [5.41, 5.74) is 1.03. The van der Waals surface area contributed by atoms with Crippen LogP contribution in [0.25, 0.3) is 10.9 Å². The minimum Gasteiger partial charge on any atom is -0.476 e. The minimum absolute atomic E-state index is 0.120. The van der Waals surface area contributed by atoms with Crippen LogP contribution in [0.1, 0.15) is 25.7 Å².